The molecular formula is C7H10BNO. The molecule has 0 radical (unpaired) electrons. The third-order valence-electron chi connectivity index (χ3n) is 2.88. The van der Waals surface area contributed by atoms with Gasteiger partial charge in [-0.15, -0.1) is 0 Å². The molecule has 0 unspecified atom stereocenters. The minimum atomic E-state index is -0.0559. The quantitative estimate of drug-likeness (QED) is 0.496. The summed E-state index contributed by atoms with van der Waals surface area (Å²) in [6.07, 6.45) is 3.93. The van der Waals surface area contributed by atoms with Gasteiger partial charge < -0.3 is 5.11 Å². The van der Waals surface area contributed by atoms with E-state index in [1.54, 1.807) is 0 Å². The highest BCUT2D eigenvalue weighted by Gasteiger charge is 2.54. The van der Waals surface area contributed by atoms with Crippen molar-refractivity contribution in [3.05, 3.63) is 0 Å². The Morgan fingerprint density at radius 2 is 2.10 bits per heavy atom. The van der Waals surface area contributed by atoms with Crippen LogP contribution in [0.3, 0.4) is 0 Å². The first-order chi connectivity index (χ1) is 4.74. The van der Waals surface area contributed by atoms with Crippen LogP contribution in [0, 0.1) is 16.6 Å². The summed E-state index contributed by atoms with van der Waals surface area (Å²) in [6, 6.07) is 0. The van der Waals surface area contributed by atoms with Crippen LogP contribution in [-0.4, -0.2) is 17.9 Å². The van der Waals surface area contributed by atoms with E-state index in [1.807, 2.05) is 0 Å². The maximum absolute atomic E-state index is 9.02. The maximum atomic E-state index is 9.02. The van der Waals surface area contributed by atoms with Crippen LogP contribution in [0.1, 0.15) is 12.8 Å². The molecule has 0 aromatic heterocycles. The van der Waals surface area contributed by atoms with Gasteiger partial charge in [-0.2, -0.15) is 0 Å². The van der Waals surface area contributed by atoms with Gasteiger partial charge in [0.05, 0.1) is 6.10 Å². The fourth-order valence-corrected chi connectivity index (χ4v) is 2.35. The normalized spacial score (nSPS) is 29.0. The number of hydrogen-bond acceptors (Lipinski definition) is 2. The van der Waals surface area contributed by atoms with Crippen LogP contribution < -0.4 is 0 Å². The van der Waals surface area contributed by atoms with Crippen molar-refractivity contribution in [3.8, 4) is 5.97 Å². The van der Waals surface area contributed by atoms with Crippen molar-refractivity contribution in [2.75, 3.05) is 0 Å². The molecule has 0 atom stereocenters. The summed E-state index contributed by atoms with van der Waals surface area (Å²) in [4.78, 5) is 0. The van der Waals surface area contributed by atoms with Gasteiger partial charge >= 0.3 is 0 Å². The monoisotopic (exact) mass is 135 g/mol. The molecular weight excluding hydrogens is 125 g/mol. The van der Waals surface area contributed by atoms with Crippen LogP contribution in [0.5, 0.6) is 0 Å². The Balaban J connectivity index is 1.86. The molecule has 10 heavy (non-hydrogen) atoms. The minimum absolute atomic E-state index is 0.0559. The summed E-state index contributed by atoms with van der Waals surface area (Å²) in [6.45, 7) is 0.299. The molecule has 52 valence electrons. The van der Waals surface area contributed by atoms with Crippen LogP contribution in [0.2, 0.25) is 12.6 Å². The highest BCUT2D eigenvalue weighted by Crippen LogP contribution is 2.56. The first kappa shape index (κ1) is 6.24. The Morgan fingerprint density at radius 1 is 1.50 bits per heavy atom. The molecule has 1 saturated heterocycles. The molecule has 0 aromatic carbocycles. The molecule has 1 N–H and O–H groups in total. The van der Waals surface area contributed by atoms with Crippen LogP contribution in [0.15, 0.2) is 0 Å². The van der Waals surface area contributed by atoms with Crippen LogP contribution >= 0.6 is 0 Å². The Kier molecular flexibility index (Phi) is 1.10. The molecule has 0 amide bonds. The van der Waals surface area contributed by atoms with E-state index in [-0.39, 0.29) is 6.10 Å². The van der Waals surface area contributed by atoms with E-state index in [0.29, 0.717) is 12.1 Å². The summed E-state index contributed by atoms with van der Waals surface area (Å²) >= 11 is 0. The second-order valence-electron chi connectivity index (χ2n) is 3.80. The highest BCUT2D eigenvalue weighted by atomic mass is 16.3. The number of rotatable bonds is 0. The topological polar surface area (TPSA) is 44.0 Å². The van der Waals surface area contributed by atoms with Crippen molar-refractivity contribution in [2.24, 2.45) is 5.41 Å². The van der Waals surface area contributed by atoms with E-state index in [2.05, 4.69) is 5.97 Å². The molecule has 1 aliphatic heterocycles. The summed E-state index contributed by atoms with van der Waals surface area (Å²) < 4.78 is 0. The second-order valence-corrected chi connectivity index (χ2v) is 3.80. The predicted octanol–water partition coefficient (Wildman–Crippen LogP) is 0.699. The van der Waals surface area contributed by atoms with Crippen molar-refractivity contribution in [2.45, 2.75) is 31.6 Å². The molecule has 2 rings (SSSR count). The molecule has 2 fully saturated rings. The van der Waals surface area contributed by atoms with Gasteiger partial charge in [-0.25, -0.2) is 5.26 Å². The standard InChI is InChI=1S/C7H10BNO/c9-5-8-3-7(4-8)1-6(10)2-7/h6,10H,1-4H2. The third kappa shape index (κ3) is 0.689. The Labute approximate surface area is 60.9 Å². The lowest BCUT2D eigenvalue weighted by Gasteiger charge is -2.53. The molecule has 0 aromatic rings. The molecule has 1 heterocycles. The van der Waals surface area contributed by atoms with Gasteiger partial charge in [0, 0.05) is 5.97 Å². The Bertz CT molecular complexity index is 184. The highest BCUT2D eigenvalue weighted by molar-refractivity contribution is 6.70. The zero-order valence-corrected chi connectivity index (χ0v) is 5.88. The molecule has 3 heteroatoms. The number of aliphatic hydroxyl groups excluding tert-OH is 1. The Morgan fingerprint density at radius 3 is 2.50 bits per heavy atom. The van der Waals surface area contributed by atoms with Crippen LogP contribution in [-0.2, 0) is 0 Å². The van der Waals surface area contributed by atoms with Gasteiger partial charge in [-0.05, 0) is 18.3 Å². The summed E-state index contributed by atoms with van der Waals surface area (Å²) in [5, 5.41) is 17.5. The maximum Gasteiger partial charge on any atom is 0.268 e. The molecule has 2 aliphatic rings. The van der Waals surface area contributed by atoms with Gasteiger partial charge in [0.1, 0.15) is 0 Å². The van der Waals surface area contributed by atoms with Gasteiger partial charge in [0.2, 0.25) is 0 Å². The smallest absolute Gasteiger partial charge is 0.268 e. The van der Waals surface area contributed by atoms with Crippen molar-refractivity contribution in [3.63, 3.8) is 0 Å². The minimum Gasteiger partial charge on any atom is -0.393 e. The van der Waals surface area contributed by atoms with Crippen molar-refractivity contribution < 1.29 is 5.11 Å². The van der Waals surface area contributed by atoms with Crippen LogP contribution in [0.25, 0.3) is 0 Å². The van der Waals surface area contributed by atoms with Crippen molar-refractivity contribution in [1.29, 1.82) is 5.26 Å². The van der Waals surface area contributed by atoms with E-state index in [1.165, 1.54) is 0 Å². The number of aliphatic hydroxyl groups is 1. The van der Waals surface area contributed by atoms with E-state index >= 15 is 0 Å². The zero-order valence-electron chi connectivity index (χ0n) is 5.88. The van der Waals surface area contributed by atoms with Gasteiger partial charge in [-0.3, -0.25) is 0 Å². The molecule has 2 nitrogen and oxygen atoms in total. The second kappa shape index (κ2) is 1.76. The van der Waals surface area contributed by atoms with E-state index in [4.69, 9.17) is 10.4 Å². The summed E-state index contributed by atoms with van der Waals surface area (Å²) in [5.74, 6) is 2.26. The van der Waals surface area contributed by atoms with Crippen molar-refractivity contribution in [1.82, 2.24) is 0 Å². The fraction of sp³-hybridized carbons (Fsp3) is 0.857. The predicted molar refractivity (Wildman–Crippen MR) is 38.7 cm³/mol. The first-order valence-corrected chi connectivity index (χ1v) is 3.82. The molecule has 1 spiro atoms. The number of nitriles is 1. The summed E-state index contributed by atoms with van der Waals surface area (Å²) in [5.41, 5.74) is 0.416. The number of nitrogens with zero attached hydrogens (tertiary/aromatic N) is 1. The lowest BCUT2D eigenvalue weighted by atomic mass is 9.24. The molecule has 1 aliphatic carbocycles. The lowest BCUT2D eigenvalue weighted by Crippen LogP contribution is -2.52. The molecule has 0 bridgehead atoms. The molecule has 1 saturated carbocycles. The average molecular weight is 135 g/mol. The van der Waals surface area contributed by atoms with E-state index in [9.17, 15) is 0 Å². The largest absolute Gasteiger partial charge is 0.393 e. The van der Waals surface area contributed by atoms with Gasteiger partial charge in [-0.1, -0.05) is 12.6 Å². The number of hydrogen-bond donors (Lipinski definition) is 1. The zero-order chi connectivity index (χ0) is 7.19. The first-order valence-electron chi connectivity index (χ1n) is 3.82. The summed E-state index contributed by atoms with van der Waals surface area (Å²) in [7, 11) is 0. The fourth-order valence-electron chi connectivity index (χ4n) is 2.35. The van der Waals surface area contributed by atoms with Crippen molar-refractivity contribution >= 4 is 6.71 Å². The SMILES string of the molecule is N#CB1CC2(C1)CC(O)C2. The van der Waals surface area contributed by atoms with Gasteiger partial charge in [0.25, 0.3) is 6.71 Å². The van der Waals surface area contributed by atoms with E-state index < -0.39 is 0 Å². The van der Waals surface area contributed by atoms with E-state index in [0.717, 1.165) is 25.5 Å². The Hall–Kier alpha value is -0.485. The van der Waals surface area contributed by atoms with Gasteiger partial charge in [0.15, 0.2) is 0 Å². The third-order valence-corrected chi connectivity index (χ3v) is 2.88. The van der Waals surface area contributed by atoms with Crippen LogP contribution in [0.4, 0.5) is 0 Å². The average Bonchev–Trinajstić information content (AvgIpc) is 1.74. The lowest BCUT2D eigenvalue weighted by molar-refractivity contribution is -0.0191.